The predicted octanol–water partition coefficient (Wildman–Crippen LogP) is 3.27. The van der Waals surface area contributed by atoms with Gasteiger partial charge in [0.2, 0.25) is 11.8 Å². The van der Waals surface area contributed by atoms with E-state index in [1.54, 1.807) is 31.2 Å². The number of halogens is 1. The molecule has 1 heterocycles. The minimum Gasteiger partial charge on any atom is -0.466 e. The number of rotatable bonds is 9. The minimum absolute atomic E-state index is 0.104. The van der Waals surface area contributed by atoms with Gasteiger partial charge in [-0.25, -0.2) is 0 Å². The molecule has 174 valence electrons. The van der Waals surface area contributed by atoms with Crippen LogP contribution in [-0.4, -0.2) is 53.6 Å². The summed E-state index contributed by atoms with van der Waals surface area (Å²) in [6, 6.07) is 6.10. The summed E-state index contributed by atoms with van der Waals surface area (Å²) in [4.78, 5) is 41.3. The first-order valence-corrected chi connectivity index (χ1v) is 11.6. The van der Waals surface area contributed by atoms with Crippen LogP contribution in [-0.2, 0) is 19.1 Å². The molecule has 2 aliphatic rings. The molecule has 8 heteroatoms. The molecule has 0 radical (unpaired) electrons. The number of hydrogen-bond acceptors (Lipinski definition) is 5. The van der Waals surface area contributed by atoms with Crippen LogP contribution in [0.25, 0.3) is 0 Å². The number of likely N-dealkylation sites (tertiary alicyclic amines) is 1. The summed E-state index contributed by atoms with van der Waals surface area (Å²) in [5.74, 6) is -2.89. The van der Waals surface area contributed by atoms with E-state index in [0.29, 0.717) is 17.1 Å². The van der Waals surface area contributed by atoms with Crippen LogP contribution in [0.15, 0.2) is 36.4 Å². The summed E-state index contributed by atoms with van der Waals surface area (Å²) < 4.78 is 5.34. The number of aliphatic hydroxyl groups is 1. The molecule has 2 N–H and O–H groups in total. The van der Waals surface area contributed by atoms with Crippen LogP contribution in [0.3, 0.4) is 0 Å². The Morgan fingerprint density at radius 2 is 1.97 bits per heavy atom. The number of carbonyl (C=O) groups is 3. The summed E-state index contributed by atoms with van der Waals surface area (Å²) >= 11 is 6.21. The number of allylic oxidation sites excluding steroid dienone is 1. The van der Waals surface area contributed by atoms with Crippen molar-refractivity contribution >= 4 is 35.1 Å². The zero-order valence-electron chi connectivity index (χ0n) is 18.5. The maximum Gasteiger partial charge on any atom is 0.310 e. The van der Waals surface area contributed by atoms with E-state index in [4.69, 9.17) is 16.3 Å². The van der Waals surface area contributed by atoms with Gasteiger partial charge in [-0.3, -0.25) is 14.4 Å². The smallest absolute Gasteiger partial charge is 0.310 e. The molecule has 0 saturated carbocycles. The Labute approximate surface area is 193 Å². The number of nitrogens with one attached hydrogen (secondary N) is 1. The molecule has 2 amide bonds. The SMILES string of the molecule is CCC[C@@H]1C=C[C@H]2[C@H](C(=O)N(CCCO)[C@@H]2C(=O)Nc2ccccc2Cl)[C@@H]1C(=O)OCC. The lowest BCUT2D eigenvalue weighted by Gasteiger charge is -2.33. The third-order valence-electron chi connectivity index (χ3n) is 6.25. The van der Waals surface area contributed by atoms with Crippen LogP contribution in [0.5, 0.6) is 0 Å². The summed E-state index contributed by atoms with van der Waals surface area (Å²) in [6.07, 6.45) is 5.83. The van der Waals surface area contributed by atoms with Gasteiger partial charge < -0.3 is 20.1 Å². The van der Waals surface area contributed by atoms with Crippen LogP contribution in [0, 0.1) is 23.7 Å². The molecule has 0 aromatic heterocycles. The number of hydrogen-bond donors (Lipinski definition) is 2. The highest BCUT2D eigenvalue weighted by Gasteiger charge is 2.57. The number of nitrogens with zero attached hydrogens (tertiary/aromatic N) is 1. The summed E-state index contributed by atoms with van der Waals surface area (Å²) in [7, 11) is 0. The van der Waals surface area contributed by atoms with Crippen molar-refractivity contribution in [1.29, 1.82) is 0 Å². The maximum atomic E-state index is 13.5. The Balaban J connectivity index is 1.97. The molecule has 32 heavy (non-hydrogen) atoms. The summed E-state index contributed by atoms with van der Waals surface area (Å²) in [6.45, 7) is 4.13. The lowest BCUT2D eigenvalue weighted by Crippen LogP contribution is -2.45. The number of benzene rings is 1. The molecule has 1 fully saturated rings. The number of aliphatic hydroxyl groups excluding tert-OH is 1. The zero-order valence-corrected chi connectivity index (χ0v) is 19.3. The molecular formula is C24H31ClN2O5. The van der Waals surface area contributed by atoms with Crippen molar-refractivity contribution in [3.8, 4) is 0 Å². The molecular weight excluding hydrogens is 432 g/mol. The van der Waals surface area contributed by atoms with Crippen LogP contribution >= 0.6 is 11.6 Å². The normalized spacial score (nSPS) is 26.7. The Hall–Kier alpha value is -2.38. The number of para-hydroxylation sites is 1. The average molecular weight is 463 g/mol. The molecule has 1 saturated heterocycles. The third kappa shape index (κ3) is 4.84. The van der Waals surface area contributed by atoms with Gasteiger partial charge in [-0.15, -0.1) is 0 Å². The topological polar surface area (TPSA) is 95.9 Å². The van der Waals surface area contributed by atoms with E-state index >= 15 is 0 Å². The number of anilines is 1. The van der Waals surface area contributed by atoms with Crippen LogP contribution in [0.4, 0.5) is 5.69 Å². The van der Waals surface area contributed by atoms with Gasteiger partial charge in [0.15, 0.2) is 0 Å². The van der Waals surface area contributed by atoms with Gasteiger partial charge in [-0.05, 0) is 37.8 Å². The molecule has 0 unspecified atom stereocenters. The van der Waals surface area contributed by atoms with E-state index in [0.717, 1.165) is 12.8 Å². The van der Waals surface area contributed by atoms with E-state index < -0.39 is 29.8 Å². The molecule has 5 atom stereocenters. The van der Waals surface area contributed by atoms with Crippen molar-refractivity contribution in [3.05, 3.63) is 41.4 Å². The molecule has 1 aliphatic heterocycles. The molecule has 0 bridgehead atoms. The van der Waals surface area contributed by atoms with Crippen LogP contribution in [0.1, 0.15) is 33.1 Å². The van der Waals surface area contributed by atoms with E-state index in [1.807, 2.05) is 19.1 Å². The summed E-state index contributed by atoms with van der Waals surface area (Å²) in [5, 5.41) is 12.6. The van der Waals surface area contributed by atoms with Crippen molar-refractivity contribution in [2.45, 2.75) is 39.2 Å². The summed E-state index contributed by atoms with van der Waals surface area (Å²) in [5.41, 5.74) is 0.461. The number of carbonyl (C=O) groups excluding carboxylic acids is 3. The Morgan fingerprint density at radius 3 is 2.62 bits per heavy atom. The monoisotopic (exact) mass is 462 g/mol. The van der Waals surface area contributed by atoms with Gasteiger partial charge in [-0.2, -0.15) is 0 Å². The van der Waals surface area contributed by atoms with E-state index in [9.17, 15) is 19.5 Å². The number of amides is 2. The largest absolute Gasteiger partial charge is 0.466 e. The Bertz CT molecular complexity index is 874. The van der Waals surface area contributed by atoms with Crippen molar-refractivity contribution in [3.63, 3.8) is 0 Å². The van der Waals surface area contributed by atoms with Crippen LogP contribution < -0.4 is 5.32 Å². The van der Waals surface area contributed by atoms with Gasteiger partial charge in [0.05, 0.1) is 29.2 Å². The lowest BCUT2D eigenvalue weighted by molar-refractivity contribution is -0.155. The fourth-order valence-electron chi connectivity index (χ4n) is 4.92. The second kappa shape index (κ2) is 11.0. The van der Waals surface area contributed by atoms with Crippen molar-refractivity contribution in [2.24, 2.45) is 23.7 Å². The van der Waals surface area contributed by atoms with Crippen LogP contribution in [0.2, 0.25) is 5.02 Å². The second-order valence-corrected chi connectivity index (χ2v) is 8.65. The zero-order chi connectivity index (χ0) is 23.3. The predicted molar refractivity (Wildman–Crippen MR) is 122 cm³/mol. The third-order valence-corrected chi connectivity index (χ3v) is 6.58. The van der Waals surface area contributed by atoms with Crippen molar-refractivity contribution in [2.75, 3.05) is 25.1 Å². The number of ether oxygens (including phenoxy) is 1. The van der Waals surface area contributed by atoms with E-state index in [1.165, 1.54) is 4.90 Å². The fraction of sp³-hybridized carbons (Fsp3) is 0.542. The standard InChI is InChI=1S/C24H31ClN2O5/c1-3-8-15-11-12-16-20(19(15)24(31)32-4-2)23(30)27(13-7-14-28)21(16)22(29)26-18-10-6-5-9-17(18)25/h5-6,9-12,15-16,19-21,28H,3-4,7-8,13-14H2,1-2H3,(H,26,29)/t15-,16+,19-,20+,21+/m1/s1. The molecule has 3 rings (SSSR count). The number of esters is 1. The maximum absolute atomic E-state index is 13.5. The van der Waals surface area contributed by atoms with Gasteiger partial charge in [0.1, 0.15) is 6.04 Å². The van der Waals surface area contributed by atoms with Crippen molar-refractivity contribution in [1.82, 2.24) is 4.90 Å². The Kier molecular flexibility index (Phi) is 8.32. The van der Waals surface area contributed by atoms with Gasteiger partial charge in [0, 0.05) is 19.1 Å². The average Bonchev–Trinajstić information content (AvgIpc) is 3.05. The Morgan fingerprint density at radius 1 is 1.22 bits per heavy atom. The molecule has 1 aliphatic carbocycles. The highest BCUT2D eigenvalue weighted by molar-refractivity contribution is 6.33. The first kappa shape index (κ1) is 24.3. The van der Waals surface area contributed by atoms with E-state index in [-0.39, 0.29) is 37.5 Å². The highest BCUT2D eigenvalue weighted by Crippen LogP contribution is 2.46. The van der Waals surface area contributed by atoms with Gasteiger partial charge >= 0.3 is 5.97 Å². The number of fused-ring (bicyclic) bond motifs is 1. The first-order valence-electron chi connectivity index (χ1n) is 11.3. The fourth-order valence-corrected chi connectivity index (χ4v) is 5.10. The molecule has 1 aromatic rings. The van der Waals surface area contributed by atoms with Gasteiger partial charge in [-0.1, -0.05) is 49.2 Å². The molecule has 1 aromatic carbocycles. The minimum atomic E-state index is -0.800. The second-order valence-electron chi connectivity index (χ2n) is 8.24. The molecule has 0 spiro atoms. The van der Waals surface area contributed by atoms with Gasteiger partial charge in [0.25, 0.3) is 0 Å². The lowest BCUT2D eigenvalue weighted by atomic mass is 9.69. The quantitative estimate of drug-likeness (QED) is 0.433. The first-order chi connectivity index (χ1) is 15.4. The molecule has 7 nitrogen and oxygen atoms in total. The highest BCUT2D eigenvalue weighted by atomic mass is 35.5. The van der Waals surface area contributed by atoms with Crippen molar-refractivity contribution < 1.29 is 24.2 Å². The van der Waals surface area contributed by atoms with E-state index in [2.05, 4.69) is 5.32 Å².